The van der Waals surface area contributed by atoms with E-state index in [2.05, 4.69) is 49.0 Å². The number of ether oxygens (including phenoxy) is 2. The van der Waals surface area contributed by atoms with E-state index in [-0.39, 0.29) is 11.5 Å². The molecule has 0 spiro atoms. The predicted octanol–water partition coefficient (Wildman–Crippen LogP) is 5.21. The molecule has 0 saturated carbocycles. The number of aromatic nitrogens is 3. The molecule has 2 aromatic carbocycles. The van der Waals surface area contributed by atoms with Gasteiger partial charge in [0.15, 0.2) is 11.5 Å². The Hall–Kier alpha value is -3.46. The van der Waals surface area contributed by atoms with Crippen molar-refractivity contribution in [3.63, 3.8) is 0 Å². The first-order valence-corrected chi connectivity index (χ1v) is 10.8. The van der Waals surface area contributed by atoms with Crippen molar-refractivity contribution < 1.29 is 22.8 Å². The summed E-state index contributed by atoms with van der Waals surface area (Å²) in [5.74, 6) is 1.53. The quantitative estimate of drug-likeness (QED) is 0.413. The van der Waals surface area contributed by atoms with Gasteiger partial charge in [-0.1, -0.05) is 23.4 Å². The van der Waals surface area contributed by atoms with E-state index >= 15 is 0 Å². The molecule has 9 heteroatoms. The molecule has 0 bridgehead atoms. The van der Waals surface area contributed by atoms with Crippen molar-refractivity contribution in [2.24, 2.45) is 0 Å². The highest BCUT2D eigenvalue weighted by molar-refractivity contribution is 5.80. The van der Waals surface area contributed by atoms with Crippen LogP contribution in [0.25, 0.3) is 22.3 Å². The molecule has 0 unspecified atom stereocenters. The van der Waals surface area contributed by atoms with Crippen LogP contribution in [0.1, 0.15) is 30.3 Å². The minimum Gasteiger partial charge on any atom is -0.493 e. The van der Waals surface area contributed by atoms with Gasteiger partial charge >= 0.3 is 6.61 Å². The van der Waals surface area contributed by atoms with E-state index in [1.807, 2.05) is 6.07 Å². The maximum absolute atomic E-state index is 12.5. The molecule has 0 amide bonds. The third kappa shape index (κ3) is 4.68. The minimum atomic E-state index is -2.93. The highest BCUT2D eigenvalue weighted by atomic mass is 19.3. The van der Waals surface area contributed by atoms with Crippen molar-refractivity contribution in [3.05, 3.63) is 60.1 Å². The number of para-hydroxylation sites is 1. The lowest BCUT2D eigenvalue weighted by Gasteiger charge is -2.30. The zero-order valence-corrected chi connectivity index (χ0v) is 18.1. The number of benzene rings is 2. The standard InChI is InChI=1S/C24H24F2N4O3/c1-31-21-13-17(6-7-20(21)32-24(25)26)23-28-22(33-29-23)14-30-10-8-15(9-11-30)19-12-16-4-2-3-5-18(16)27-19/h2-7,12-13,15,24,27H,8-11,14H2,1H3. The van der Waals surface area contributed by atoms with E-state index in [9.17, 15) is 8.78 Å². The molecule has 7 nitrogen and oxygen atoms in total. The van der Waals surface area contributed by atoms with Crippen molar-refractivity contribution in [1.82, 2.24) is 20.0 Å². The average Bonchev–Trinajstić information content (AvgIpc) is 3.47. The summed E-state index contributed by atoms with van der Waals surface area (Å²) in [5.41, 5.74) is 3.07. The van der Waals surface area contributed by atoms with Gasteiger partial charge in [0.05, 0.1) is 13.7 Å². The number of piperidine rings is 1. The van der Waals surface area contributed by atoms with Crippen LogP contribution >= 0.6 is 0 Å². The predicted molar refractivity (Wildman–Crippen MR) is 118 cm³/mol. The fourth-order valence-corrected chi connectivity index (χ4v) is 4.35. The van der Waals surface area contributed by atoms with Crippen molar-refractivity contribution >= 4 is 10.9 Å². The van der Waals surface area contributed by atoms with Gasteiger partial charge in [-0.2, -0.15) is 13.8 Å². The number of alkyl halides is 2. The van der Waals surface area contributed by atoms with Crippen LogP contribution in [0, 0.1) is 0 Å². The summed E-state index contributed by atoms with van der Waals surface area (Å²) in [6, 6.07) is 15.2. The number of aromatic amines is 1. The lowest BCUT2D eigenvalue weighted by molar-refractivity contribution is -0.0512. The SMILES string of the molecule is COc1cc(-c2noc(CN3CCC(c4cc5ccccc5[nH]4)CC3)n2)ccc1OC(F)F. The lowest BCUT2D eigenvalue weighted by atomic mass is 9.93. The third-order valence-corrected chi connectivity index (χ3v) is 6.04. The van der Waals surface area contributed by atoms with Crippen LogP contribution in [0.5, 0.6) is 11.5 Å². The number of likely N-dealkylation sites (tertiary alicyclic amines) is 1. The first kappa shape index (κ1) is 21.4. The first-order valence-electron chi connectivity index (χ1n) is 10.8. The largest absolute Gasteiger partial charge is 0.493 e. The molecule has 2 aromatic heterocycles. The molecule has 172 valence electrons. The average molecular weight is 454 g/mol. The normalized spacial score (nSPS) is 15.4. The Labute approximate surface area is 189 Å². The van der Waals surface area contributed by atoms with Gasteiger partial charge in [0.25, 0.3) is 0 Å². The van der Waals surface area contributed by atoms with Gasteiger partial charge in [0.2, 0.25) is 11.7 Å². The van der Waals surface area contributed by atoms with E-state index in [1.165, 1.54) is 29.8 Å². The molecular formula is C24H24F2N4O3. The van der Waals surface area contributed by atoms with E-state index in [0.29, 0.717) is 29.7 Å². The molecule has 1 aliphatic heterocycles. The number of hydrogen-bond acceptors (Lipinski definition) is 6. The summed E-state index contributed by atoms with van der Waals surface area (Å²) in [4.78, 5) is 10.3. The maximum Gasteiger partial charge on any atom is 0.387 e. The Morgan fingerprint density at radius 2 is 1.94 bits per heavy atom. The lowest BCUT2D eigenvalue weighted by Crippen LogP contribution is -2.32. The Bertz CT molecular complexity index is 1200. The zero-order valence-electron chi connectivity index (χ0n) is 18.1. The van der Waals surface area contributed by atoms with Crippen LogP contribution in [0.3, 0.4) is 0 Å². The van der Waals surface area contributed by atoms with Gasteiger partial charge in [0, 0.05) is 22.7 Å². The first-order chi connectivity index (χ1) is 16.1. The number of methoxy groups -OCH3 is 1. The van der Waals surface area contributed by atoms with Crippen molar-refractivity contribution in [2.75, 3.05) is 20.2 Å². The minimum absolute atomic E-state index is 0.0437. The second-order valence-electron chi connectivity index (χ2n) is 8.12. The fraction of sp³-hybridized carbons (Fsp3) is 0.333. The second kappa shape index (κ2) is 9.19. The number of hydrogen-bond donors (Lipinski definition) is 1. The van der Waals surface area contributed by atoms with Crippen LogP contribution < -0.4 is 9.47 Å². The highest BCUT2D eigenvalue weighted by Crippen LogP contribution is 2.33. The molecule has 1 N–H and O–H groups in total. The van der Waals surface area contributed by atoms with Crippen molar-refractivity contribution in [2.45, 2.75) is 31.9 Å². The van der Waals surface area contributed by atoms with E-state index in [0.717, 1.165) is 25.9 Å². The Morgan fingerprint density at radius 1 is 1.12 bits per heavy atom. The molecular weight excluding hydrogens is 430 g/mol. The number of fused-ring (bicyclic) bond motifs is 1. The topological polar surface area (TPSA) is 76.4 Å². The van der Waals surface area contributed by atoms with E-state index in [1.54, 1.807) is 12.1 Å². The van der Waals surface area contributed by atoms with Crippen LogP contribution in [-0.2, 0) is 6.54 Å². The van der Waals surface area contributed by atoms with Crippen molar-refractivity contribution in [1.29, 1.82) is 0 Å². The molecule has 0 radical (unpaired) electrons. The van der Waals surface area contributed by atoms with Crippen LogP contribution in [0.15, 0.2) is 53.1 Å². The van der Waals surface area contributed by atoms with Crippen LogP contribution in [0.4, 0.5) is 8.78 Å². The molecule has 1 saturated heterocycles. The molecule has 0 atom stereocenters. The van der Waals surface area contributed by atoms with Crippen molar-refractivity contribution in [3.8, 4) is 22.9 Å². The summed E-state index contributed by atoms with van der Waals surface area (Å²) < 4.78 is 40.1. The number of H-pyrrole nitrogens is 1. The summed E-state index contributed by atoms with van der Waals surface area (Å²) >= 11 is 0. The summed E-state index contributed by atoms with van der Waals surface area (Å²) in [6.45, 7) is -0.492. The molecule has 5 rings (SSSR count). The van der Waals surface area contributed by atoms with Crippen LogP contribution in [-0.4, -0.2) is 46.8 Å². The Morgan fingerprint density at radius 3 is 2.70 bits per heavy atom. The molecule has 33 heavy (non-hydrogen) atoms. The highest BCUT2D eigenvalue weighted by Gasteiger charge is 2.24. The Balaban J connectivity index is 1.21. The van der Waals surface area contributed by atoms with E-state index in [4.69, 9.17) is 9.26 Å². The maximum atomic E-state index is 12.5. The molecule has 0 aliphatic carbocycles. The summed E-state index contributed by atoms with van der Waals surface area (Å²) in [5, 5.41) is 5.29. The zero-order chi connectivity index (χ0) is 22.8. The summed E-state index contributed by atoms with van der Waals surface area (Å²) in [6.07, 6.45) is 2.10. The van der Waals surface area contributed by atoms with Gasteiger partial charge in [-0.3, -0.25) is 4.90 Å². The van der Waals surface area contributed by atoms with Crippen LogP contribution in [0.2, 0.25) is 0 Å². The number of halogens is 2. The van der Waals surface area contributed by atoms with Gasteiger partial charge in [-0.05, 0) is 61.6 Å². The van der Waals surface area contributed by atoms with Gasteiger partial charge in [-0.25, -0.2) is 0 Å². The number of nitrogens with one attached hydrogen (secondary N) is 1. The smallest absolute Gasteiger partial charge is 0.387 e. The molecule has 4 aromatic rings. The molecule has 1 fully saturated rings. The van der Waals surface area contributed by atoms with E-state index < -0.39 is 6.61 Å². The number of rotatable bonds is 7. The van der Waals surface area contributed by atoms with Gasteiger partial charge in [0.1, 0.15) is 0 Å². The summed E-state index contributed by atoms with van der Waals surface area (Å²) in [7, 11) is 1.39. The Kier molecular flexibility index (Phi) is 5.95. The van der Waals surface area contributed by atoms with Gasteiger partial charge < -0.3 is 19.0 Å². The third-order valence-electron chi connectivity index (χ3n) is 6.04. The monoisotopic (exact) mass is 454 g/mol. The van der Waals surface area contributed by atoms with Gasteiger partial charge in [-0.15, -0.1) is 0 Å². The molecule has 3 heterocycles. The number of nitrogens with zero attached hydrogens (tertiary/aromatic N) is 3. The fourth-order valence-electron chi connectivity index (χ4n) is 4.35. The second-order valence-corrected chi connectivity index (χ2v) is 8.12. The molecule has 1 aliphatic rings.